The quantitative estimate of drug-likeness (QED) is 0.769. The summed E-state index contributed by atoms with van der Waals surface area (Å²) in [6.45, 7) is 5.89. The van der Waals surface area contributed by atoms with Crippen LogP contribution in [0.2, 0.25) is 0 Å². The van der Waals surface area contributed by atoms with E-state index in [1.54, 1.807) is 0 Å². The fourth-order valence-corrected chi connectivity index (χ4v) is 2.88. The Hall–Kier alpha value is -1.30. The number of nitrogens with zero attached hydrogens (tertiary/aromatic N) is 2. The van der Waals surface area contributed by atoms with Crippen LogP contribution in [0.5, 0.6) is 0 Å². The summed E-state index contributed by atoms with van der Waals surface area (Å²) in [6, 6.07) is 0.348. The van der Waals surface area contributed by atoms with Gasteiger partial charge in [-0.15, -0.1) is 0 Å². The Morgan fingerprint density at radius 3 is 2.53 bits per heavy atom. The van der Waals surface area contributed by atoms with Crippen LogP contribution in [0.4, 0.5) is 4.79 Å². The molecule has 2 saturated heterocycles. The number of urea groups is 1. The number of hydrogen-bond acceptors (Lipinski definition) is 3. The highest BCUT2D eigenvalue weighted by molar-refractivity contribution is 5.75. The summed E-state index contributed by atoms with van der Waals surface area (Å²) < 4.78 is 0. The Bertz CT molecular complexity index is 340. The van der Waals surface area contributed by atoms with Gasteiger partial charge in [-0.25, -0.2) is 4.79 Å². The summed E-state index contributed by atoms with van der Waals surface area (Å²) in [5, 5.41) is 12.1. The molecule has 108 valence electrons. The molecule has 1 unspecified atom stereocenters. The Morgan fingerprint density at radius 1 is 1.26 bits per heavy atom. The first kappa shape index (κ1) is 14.1. The van der Waals surface area contributed by atoms with Crippen LogP contribution in [0, 0.1) is 5.92 Å². The molecule has 0 aromatic rings. The highest BCUT2D eigenvalue weighted by atomic mass is 16.4. The molecule has 0 aromatic carbocycles. The molecule has 0 saturated carbocycles. The first-order chi connectivity index (χ1) is 9.08. The largest absolute Gasteiger partial charge is 0.481 e. The van der Waals surface area contributed by atoms with Crippen molar-refractivity contribution in [1.29, 1.82) is 0 Å². The highest BCUT2D eigenvalue weighted by Crippen LogP contribution is 2.22. The number of carboxylic acids is 1. The van der Waals surface area contributed by atoms with Crippen molar-refractivity contribution in [3.05, 3.63) is 0 Å². The van der Waals surface area contributed by atoms with Crippen LogP contribution in [0.3, 0.4) is 0 Å². The van der Waals surface area contributed by atoms with Crippen LogP contribution in [0.15, 0.2) is 0 Å². The molecule has 2 amide bonds. The van der Waals surface area contributed by atoms with E-state index >= 15 is 0 Å². The van der Waals surface area contributed by atoms with Gasteiger partial charge in [0.05, 0.1) is 0 Å². The molecule has 6 nitrogen and oxygen atoms in total. The molecule has 2 heterocycles. The predicted octanol–water partition coefficient (Wildman–Crippen LogP) is 0.587. The first-order valence-corrected chi connectivity index (χ1v) is 7.06. The number of nitrogens with one attached hydrogen (secondary N) is 1. The van der Waals surface area contributed by atoms with E-state index < -0.39 is 5.97 Å². The maximum Gasteiger partial charge on any atom is 0.320 e. The zero-order valence-corrected chi connectivity index (χ0v) is 11.5. The second kappa shape index (κ2) is 6.23. The number of amides is 2. The number of carboxylic acid groups (broad SMARTS) is 1. The molecule has 6 heteroatoms. The van der Waals surface area contributed by atoms with Crippen LogP contribution in [-0.2, 0) is 4.79 Å². The average Bonchev–Trinajstić information content (AvgIpc) is 2.39. The first-order valence-electron chi connectivity index (χ1n) is 7.06. The van der Waals surface area contributed by atoms with E-state index in [1.165, 1.54) is 0 Å². The summed E-state index contributed by atoms with van der Waals surface area (Å²) in [6.07, 6.45) is 1.84. The number of hydrogen-bond donors (Lipinski definition) is 2. The molecule has 2 N–H and O–H groups in total. The van der Waals surface area contributed by atoms with Crippen molar-refractivity contribution in [2.45, 2.75) is 32.2 Å². The SMILES string of the molecule is CC1CNCCN1C(=O)N1CCC(CC(=O)O)CC1. The standard InChI is InChI=1S/C13H23N3O3/c1-10-9-14-4-7-16(10)13(19)15-5-2-11(3-6-15)8-12(17)18/h10-11,14H,2-9H2,1H3,(H,17,18). The minimum Gasteiger partial charge on any atom is -0.481 e. The second-order valence-electron chi connectivity index (χ2n) is 5.56. The number of piperazine rings is 1. The van der Waals surface area contributed by atoms with Gasteiger partial charge in [-0.2, -0.15) is 0 Å². The molecular formula is C13H23N3O3. The van der Waals surface area contributed by atoms with E-state index in [4.69, 9.17) is 5.11 Å². The van der Waals surface area contributed by atoms with Crippen LogP contribution >= 0.6 is 0 Å². The van der Waals surface area contributed by atoms with Crippen LogP contribution < -0.4 is 5.32 Å². The normalized spacial score (nSPS) is 25.4. The van der Waals surface area contributed by atoms with Gasteiger partial charge in [-0.05, 0) is 25.7 Å². The third-order valence-corrected chi connectivity index (χ3v) is 4.10. The van der Waals surface area contributed by atoms with Crippen molar-refractivity contribution in [3.8, 4) is 0 Å². The fraction of sp³-hybridized carbons (Fsp3) is 0.846. The smallest absolute Gasteiger partial charge is 0.320 e. The van der Waals surface area contributed by atoms with Gasteiger partial charge in [0.25, 0.3) is 0 Å². The van der Waals surface area contributed by atoms with Gasteiger partial charge in [-0.1, -0.05) is 0 Å². The van der Waals surface area contributed by atoms with E-state index in [1.807, 2.05) is 9.80 Å². The Balaban J connectivity index is 1.83. The molecule has 0 spiro atoms. The van der Waals surface area contributed by atoms with Crippen molar-refractivity contribution >= 4 is 12.0 Å². The Kier molecular flexibility index (Phi) is 4.63. The predicted molar refractivity (Wildman–Crippen MR) is 71.0 cm³/mol. The van der Waals surface area contributed by atoms with E-state index in [-0.39, 0.29) is 24.4 Å². The second-order valence-corrected chi connectivity index (χ2v) is 5.56. The van der Waals surface area contributed by atoms with Crippen LogP contribution in [-0.4, -0.2) is 65.7 Å². The summed E-state index contributed by atoms with van der Waals surface area (Å²) in [4.78, 5) is 26.9. The molecule has 1 atom stereocenters. The number of rotatable bonds is 2. The Labute approximate surface area is 113 Å². The van der Waals surface area contributed by atoms with Gasteiger partial charge in [-0.3, -0.25) is 4.79 Å². The third kappa shape index (κ3) is 3.59. The van der Waals surface area contributed by atoms with E-state index in [0.29, 0.717) is 13.1 Å². The topological polar surface area (TPSA) is 72.9 Å². The zero-order valence-electron chi connectivity index (χ0n) is 11.5. The van der Waals surface area contributed by atoms with Crippen LogP contribution in [0.1, 0.15) is 26.2 Å². The van der Waals surface area contributed by atoms with E-state index in [9.17, 15) is 9.59 Å². The van der Waals surface area contributed by atoms with Crippen molar-refractivity contribution in [2.75, 3.05) is 32.7 Å². The van der Waals surface area contributed by atoms with Crippen LogP contribution in [0.25, 0.3) is 0 Å². The highest BCUT2D eigenvalue weighted by Gasteiger charge is 2.30. The molecule has 0 aromatic heterocycles. The molecule has 0 aliphatic carbocycles. The monoisotopic (exact) mass is 269 g/mol. The Morgan fingerprint density at radius 2 is 1.95 bits per heavy atom. The van der Waals surface area contributed by atoms with Crippen molar-refractivity contribution in [3.63, 3.8) is 0 Å². The van der Waals surface area contributed by atoms with E-state index in [2.05, 4.69) is 12.2 Å². The lowest BCUT2D eigenvalue weighted by molar-refractivity contribution is -0.138. The molecule has 19 heavy (non-hydrogen) atoms. The minimum absolute atomic E-state index is 0.114. The molecule has 2 fully saturated rings. The van der Waals surface area contributed by atoms with Crippen molar-refractivity contribution in [2.24, 2.45) is 5.92 Å². The lowest BCUT2D eigenvalue weighted by atomic mass is 9.94. The summed E-state index contributed by atoms with van der Waals surface area (Å²) in [5.41, 5.74) is 0. The molecule has 2 rings (SSSR count). The maximum absolute atomic E-state index is 12.4. The van der Waals surface area contributed by atoms with Gasteiger partial charge >= 0.3 is 12.0 Å². The summed E-state index contributed by atoms with van der Waals surface area (Å²) in [5.74, 6) is -0.512. The number of carbonyl (C=O) groups excluding carboxylic acids is 1. The summed E-state index contributed by atoms with van der Waals surface area (Å²) in [7, 11) is 0. The number of aliphatic carboxylic acids is 1. The average molecular weight is 269 g/mol. The fourth-order valence-electron chi connectivity index (χ4n) is 2.88. The number of carbonyl (C=O) groups is 2. The number of likely N-dealkylation sites (tertiary alicyclic amines) is 1. The van der Waals surface area contributed by atoms with Crippen molar-refractivity contribution in [1.82, 2.24) is 15.1 Å². The minimum atomic E-state index is -0.736. The summed E-state index contributed by atoms with van der Waals surface area (Å²) >= 11 is 0. The number of piperidine rings is 1. The van der Waals surface area contributed by atoms with E-state index in [0.717, 1.165) is 32.5 Å². The van der Waals surface area contributed by atoms with Gasteiger partial charge in [0, 0.05) is 45.2 Å². The van der Waals surface area contributed by atoms with Gasteiger partial charge in [0.1, 0.15) is 0 Å². The molecule has 0 radical (unpaired) electrons. The lowest BCUT2D eigenvalue weighted by Gasteiger charge is -2.40. The van der Waals surface area contributed by atoms with Gasteiger partial charge < -0.3 is 20.2 Å². The zero-order chi connectivity index (χ0) is 13.8. The van der Waals surface area contributed by atoms with Gasteiger partial charge in [0.2, 0.25) is 0 Å². The lowest BCUT2D eigenvalue weighted by Crippen LogP contribution is -2.57. The molecular weight excluding hydrogens is 246 g/mol. The molecule has 2 aliphatic rings. The third-order valence-electron chi connectivity index (χ3n) is 4.10. The van der Waals surface area contributed by atoms with Gasteiger partial charge in [0.15, 0.2) is 0 Å². The molecule has 0 bridgehead atoms. The van der Waals surface area contributed by atoms with Crippen molar-refractivity contribution < 1.29 is 14.7 Å². The molecule has 2 aliphatic heterocycles. The maximum atomic E-state index is 12.4.